The maximum Gasteiger partial charge on any atom is 0.138 e. The highest BCUT2D eigenvalue weighted by atomic mass is 16.3. The third-order valence-electron chi connectivity index (χ3n) is 14.7. The standard InChI is InChI=1S/C66H43N3O2/c1-40-14-12-22-54-51-30-27-49(38-61(51)70-65(40)54)67(46-18-8-4-9-19-46)48-26-24-43-35-57-53-32-33-58(68(47-20-10-5-11-21-47)50-28-31-52-55-23-13-15-41(2)66(55)71-62(52)39-50)63-56-29-25-44(42-16-6-3-7-17-42)36-59(56)69(64(53)63)60(57)37-45(43)34-48/h3-39H,1-2H3/i2D3. The Kier molecular flexibility index (Phi) is 7.80. The summed E-state index contributed by atoms with van der Waals surface area (Å²) in [5.41, 5.74) is 15.8. The van der Waals surface area contributed by atoms with Gasteiger partial charge in [0.25, 0.3) is 0 Å². The van der Waals surface area contributed by atoms with Gasteiger partial charge in [0.2, 0.25) is 0 Å². The summed E-state index contributed by atoms with van der Waals surface area (Å²) >= 11 is 0. The van der Waals surface area contributed by atoms with E-state index in [2.05, 4.69) is 215 Å². The van der Waals surface area contributed by atoms with E-state index in [1.54, 1.807) is 12.1 Å². The van der Waals surface area contributed by atoms with E-state index in [1.807, 2.05) is 18.2 Å². The van der Waals surface area contributed by atoms with Gasteiger partial charge >= 0.3 is 0 Å². The molecule has 0 amide bonds. The van der Waals surface area contributed by atoms with Crippen LogP contribution in [0.1, 0.15) is 15.2 Å². The third kappa shape index (κ3) is 5.93. The Labute approximate surface area is 412 Å². The number of benzene rings is 11. The highest BCUT2D eigenvalue weighted by Crippen LogP contribution is 2.50. The Morgan fingerprint density at radius 3 is 1.66 bits per heavy atom. The quantitative estimate of drug-likeness (QED) is 0.160. The number of fused-ring (bicyclic) bond motifs is 13. The van der Waals surface area contributed by atoms with Crippen LogP contribution in [0.15, 0.2) is 233 Å². The van der Waals surface area contributed by atoms with Crippen LogP contribution in [0.2, 0.25) is 0 Å². The van der Waals surface area contributed by atoms with Crippen molar-refractivity contribution in [1.29, 1.82) is 0 Å². The number of nitrogens with zero attached hydrogens (tertiary/aromatic N) is 3. The maximum absolute atomic E-state index is 8.27. The van der Waals surface area contributed by atoms with E-state index in [-0.39, 0.29) is 5.56 Å². The first-order valence-corrected chi connectivity index (χ1v) is 24.1. The molecule has 15 rings (SSSR count). The fourth-order valence-corrected chi connectivity index (χ4v) is 11.4. The Morgan fingerprint density at radius 2 is 0.958 bits per heavy atom. The number of rotatable bonds is 7. The topological polar surface area (TPSA) is 37.2 Å². The zero-order valence-corrected chi connectivity index (χ0v) is 38.5. The summed E-state index contributed by atoms with van der Waals surface area (Å²) in [6, 6.07) is 79.0. The highest BCUT2D eigenvalue weighted by Gasteiger charge is 2.26. The maximum atomic E-state index is 8.27. The average molecular weight is 913 g/mol. The van der Waals surface area contributed by atoms with Crippen LogP contribution in [0.4, 0.5) is 34.1 Å². The number of aryl methyl sites for hydroxylation is 2. The van der Waals surface area contributed by atoms with Crippen LogP contribution in [-0.4, -0.2) is 4.40 Å². The zero-order chi connectivity index (χ0) is 49.4. The van der Waals surface area contributed by atoms with E-state index in [1.165, 1.54) is 10.8 Å². The molecule has 15 aromatic rings. The number of furan rings is 2. The monoisotopic (exact) mass is 912 g/mol. The molecule has 0 radical (unpaired) electrons. The zero-order valence-electron chi connectivity index (χ0n) is 41.5. The molecule has 5 nitrogen and oxygen atoms in total. The number of anilines is 6. The van der Waals surface area contributed by atoms with E-state index in [9.17, 15) is 0 Å². The van der Waals surface area contributed by atoms with Gasteiger partial charge in [-0.1, -0.05) is 127 Å². The minimum Gasteiger partial charge on any atom is -0.456 e. The van der Waals surface area contributed by atoms with Crippen LogP contribution < -0.4 is 9.80 Å². The lowest BCUT2D eigenvalue weighted by Crippen LogP contribution is -2.10. The molecular weight excluding hydrogens is 867 g/mol. The SMILES string of the molecule is [2H]C([2H])([2H])c1cccc2c1oc1cc(N(c3ccccc3)c3ccc4c5cc6ccc(N(c7ccccc7)c7ccc8c(c7)oc7c(C)cccc78)cc6cc5n5c6cc(-c7ccccc7)ccc6c3c45)ccc12. The second-order valence-electron chi connectivity index (χ2n) is 18.7. The molecule has 0 bridgehead atoms. The van der Waals surface area contributed by atoms with Crippen molar-refractivity contribution in [2.24, 2.45) is 0 Å². The van der Waals surface area contributed by atoms with Crippen molar-refractivity contribution in [2.45, 2.75) is 13.8 Å². The first-order chi connectivity index (χ1) is 36.2. The second kappa shape index (κ2) is 15.1. The van der Waals surface area contributed by atoms with Gasteiger partial charge in [0.1, 0.15) is 22.3 Å². The molecular formula is C66H43N3O2. The van der Waals surface area contributed by atoms with Gasteiger partial charge in [0.05, 0.1) is 22.2 Å². The smallest absolute Gasteiger partial charge is 0.138 e. The predicted octanol–water partition coefficient (Wildman–Crippen LogP) is 19.0. The van der Waals surface area contributed by atoms with Crippen LogP contribution >= 0.6 is 0 Å². The van der Waals surface area contributed by atoms with Crippen LogP contribution in [0.3, 0.4) is 0 Å². The van der Waals surface area contributed by atoms with Gasteiger partial charge in [-0.2, -0.15) is 0 Å². The minimum atomic E-state index is -2.32. The molecule has 0 spiro atoms. The molecule has 4 heterocycles. The number of para-hydroxylation sites is 4. The number of hydrogen-bond acceptors (Lipinski definition) is 4. The van der Waals surface area contributed by atoms with Crippen molar-refractivity contribution in [3.05, 3.63) is 236 Å². The molecule has 334 valence electrons. The fraction of sp³-hybridized carbons (Fsp3) is 0.0303. The van der Waals surface area contributed by atoms with E-state index in [0.717, 1.165) is 122 Å². The molecule has 11 aromatic carbocycles. The Balaban J connectivity index is 0.963. The summed E-state index contributed by atoms with van der Waals surface area (Å²) in [4.78, 5) is 4.62. The van der Waals surface area contributed by atoms with E-state index in [0.29, 0.717) is 11.2 Å². The van der Waals surface area contributed by atoms with Gasteiger partial charge in [-0.05, 0) is 132 Å². The van der Waals surface area contributed by atoms with Crippen molar-refractivity contribution in [3.8, 4) is 11.1 Å². The molecule has 0 N–H and O–H groups in total. The number of hydrogen-bond donors (Lipinski definition) is 0. The molecule has 0 aliphatic carbocycles. The van der Waals surface area contributed by atoms with Crippen molar-refractivity contribution < 1.29 is 12.9 Å². The molecule has 0 saturated heterocycles. The van der Waals surface area contributed by atoms with Gasteiger partial charge < -0.3 is 23.0 Å². The molecule has 0 aliphatic rings. The Hall–Kier alpha value is -9.32. The predicted molar refractivity (Wildman–Crippen MR) is 297 cm³/mol. The fourth-order valence-electron chi connectivity index (χ4n) is 11.4. The summed E-state index contributed by atoms with van der Waals surface area (Å²) in [6.45, 7) is -0.221. The summed E-state index contributed by atoms with van der Waals surface area (Å²) in [5.74, 6) is 0. The lowest BCUT2D eigenvalue weighted by Gasteiger charge is -2.26. The summed E-state index contributed by atoms with van der Waals surface area (Å²) in [5, 5.41) is 10.7. The van der Waals surface area contributed by atoms with Gasteiger partial charge in [0.15, 0.2) is 0 Å². The summed E-state index contributed by atoms with van der Waals surface area (Å²) < 4.78 is 40.4. The summed E-state index contributed by atoms with van der Waals surface area (Å²) in [6.07, 6.45) is 0. The molecule has 0 saturated carbocycles. The van der Waals surface area contributed by atoms with Crippen molar-refractivity contribution in [1.82, 2.24) is 4.40 Å². The van der Waals surface area contributed by atoms with Crippen molar-refractivity contribution in [3.63, 3.8) is 0 Å². The first kappa shape index (κ1) is 36.7. The van der Waals surface area contributed by atoms with Crippen LogP contribution in [0.25, 0.3) is 104 Å². The molecule has 0 unspecified atom stereocenters. The molecule has 0 aliphatic heterocycles. The van der Waals surface area contributed by atoms with Gasteiger partial charge in [-0.15, -0.1) is 0 Å². The second-order valence-corrected chi connectivity index (χ2v) is 18.7. The van der Waals surface area contributed by atoms with Crippen LogP contribution in [-0.2, 0) is 0 Å². The van der Waals surface area contributed by atoms with Crippen LogP contribution in [0, 0.1) is 13.8 Å². The lowest BCUT2D eigenvalue weighted by molar-refractivity contribution is 0.665. The minimum absolute atomic E-state index is 0.207. The largest absolute Gasteiger partial charge is 0.456 e. The molecule has 0 fully saturated rings. The van der Waals surface area contributed by atoms with E-state index < -0.39 is 6.85 Å². The van der Waals surface area contributed by atoms with E-state index >= 15 is 0 Å². The third-order valence-corrected chi connectivity index (χ3v) is 14.7. The van der Waals surface area contributed by atoms with Crippen molar-refractivity contribution in [2.75, 3.05) is 9.80 Å². The molecule has 4 aromatic heterocycles. The van der Waals surface area contributed by atoms with Gasteiger partial charge in [-0.3, -0.25) is 0 Å². The molecule has 0 atom stereocenters. The summed E-state index contributed by atoms with van der Waals surface area (Å²) in [7, 11) is 0. The lowest BCUT2D eigenvalue weighted by atomic mass is 10.00. The first-order valence-electron chi connectivity index (χ1n) is 25.6. The van der Waals surface area contributed by atoms with Crippen LogP contribution in [0.5, 0.6) is 0 Å². The van der Waals surface area contributed by atoms with Crippen molar-refractivity contribution >= 4 is 127 Å². The normalized spacial score (nSPS) is 12.9. The number of aromatic nitrogens is 1. The van der Waals surface area contributed by atoms with Gasteiger partial charge in [0, 0.05) is 87.8 Å². The average Bonchev–Trinajstić information content (AvgIpc) is 4.18. The molecule has 71 heavy (non-hydrogen) atoms. The van der Waals surface area contributed by atoms with Gasteiger partial charge in [-0.25, -0.2) is 0 Å². The highest BCUT2D eigenvalue weighted by molar-refractivity contribution is 6.29. The Bertz CT molecular complexity index is 4730. The van der Waals surface area contributed by atoms with E-state index in [4.69, 9.17) is 12.9 Å². The Morgan fingerprint density at radius 1 is 0.380 bits per heavy atom. The molecule has 5 heteroatoms.